The minimum absolute atomic E-state index is 0.145. The zero-order chi connectivity index (χ0) is 10.9. The molecule has 2 N–H and O–H groups in total. The van der Waals surface area contributed by atoms with E-state index in [2.05, 4.69) is 18.7 Å². The summed E-state index contributed by atoms with van der Waals surface area (Å²) in [4.78, 5) is 2.69. The largest absolute Gasteiger partial charge is 0.324 e. The molecule has 2 rings (SSSR count). The number of hydrogen-bond donors (Lipinski definition) is 1. The van der Waals surface area contributed by atoms with E-state index < -0.39 is 0 Å². The number of nitrogens with zero attached hydrogens (tertiary/aromatic N) is 1. The van der Waals surface area contributed by atoms with Crippen LogP contribution in [-0.2, 0) is 0 Å². The van der Waals surface area contributed by atoms with Crippen LogP contribution in [0.3, 0.4) is 0 Å². The molecule has 1 saturated carbocycles. The lowest BCUT2D eigenvalue weighted by Crippen LogP contribution is -2.51. The average molecular weight is 210 g/mol. The number of likely N-dealkylation sites (tertiary alicyclic amines) is 1. The van der Waals surface area contributed by atoms with Crippen LogP contribution in [0.25, 0.3) is 0 Å². The molecule has 2 fully saturated rings. The van der Waals surface area contributed by atoms with Gasteiger partial charge in [0.2, 0.25) is 0 Å². The van der Waals surface area contributed by atoms with Crippen molar-refractivity contribution in [2.24, 2.45) is 5.73 Å². The molecule has 0 radical (unpaired) electrons. The zero-order valence-electron chi connectivity index (χ0n) is 10.3. The van der Waals surface area contributed by atoms with Gasteiger partial charge in [-0.3, -0.25) is 4.90 Å². The van der Waals surface area contributed by atoms with Gasteiger partial charge in [0, 0.05) is 24.2 Å². The molecule has 1 aliphatic carbocycles. The van der Waals surface area contributed by atoms with Crippen molar-refractivity contribution in [1.82, 2.24) is 4.90 Å². The van der Waals surface area contributed by atoms with E-state index in [0.717, 1.165) is 18.6 Å². The SMILES string of the molecule is CCC1CCC(C)N1CC1(N)CCCC1. The van der Waals surface area contributed by atoms with E-state index in [0.29, 0.717) is 0 Å². The molecule has 2 heteroatoms. The summed E-state index contributed by atoms with van der Waals surface area (Å²) in [6, 6.07) is 1.57. The van der Waals surface area contributed by atoms with Gasteiger partial charge in [-0.2, -0.15) is 0 Å². The highest BCUT2D eigenvalue weighted by Gasteiger charge is 2.37. The molecule has 0 aromatic rings. The summed E-state index contributed by atoms with van der Waals surface area (Å²) in [5, 5.41) is 0. The van der Waals surface area contributed by atoms with E-state index in [9.17, 15) is 0 Å². The first kappa shape index (κ1) is 11.4. The van der Waals surface area contributed by atoms with Crippen molar-refractivity contribution in [1.29, 1.82) is 0 Å². The molecule has 15 heavy (non-hydrogen) atoms. The summed E-state index contributed by atoms with van der Waals surface area (Å²) in [6.07, 6.45) is 9.22. The Kier molecular flexibility index (Phi) is 3.36. The molecule has 0 aromatic heterocycles. The fraction of sp³-hybridized carbons (Fsp3) is 1.00. The maximum Gasteiger partial charge on any atom is 0.0283 e. The molecular formula is C13H26N2. The van der Waals surface area contributed by atoms with Crippen LogP contribution in [-0.4, -0.2) is 29.1 Å². The summed E-state index contributed by atoms with van der Waals surface area (Å²) in [5.41, 5.74) is 6.62. The predicted octanol–water partition coefficient (Wildman–Crippen LogP) is 2.52. The Morgan fingerprint density at radius 2 is 1.93 bits per heavy atom. The van der Waals surface area contributed by atoms with Gasteiger partial charge in [-0.1, -0.05) is 19.8 Å². The van der Waals surface area contributed by atoms with Crippen molar-refractivity contribution in [2.75, 3.05) is 6.54 Å². The lowest BCUT2D eigenvalue weighted by atomic mass is 9.97. The van der Waals surface area contributed by atoms with Crippen LogP contribution in [0.15, 0.2) is 0 Å². The van der Waals surface area contributed by atoms with E-state index in [1.807, 2.05) is 0 Å². The molecular weight excluding hydrogens is 184 g/mol. The molecule has 0 bridgehead atoms. The molecule has 2 aliphatic rings. The first-order valence-electron chi connectivity index (χ1n) is 6.69. The van der Waals surface area contributed by atoms with Gasteiger partial charge < -0.3 is 5.73 Å². The van der Waals surface area contributed by atoms with Crippen LogP contribution in [0.1, 0.15) is 58.8 Å². The molecule has 1 saturated heterocycles. The second-order valence-corrected chi connectivity index (χ2v) is 5.73. The van der Waals surface area contributed by atoms with Crippen LogP contribution in [0, 0.1) is 0 Å². The van der Waals surface area contributed by atoms with Crippen molar-refractivity contribution in [3.63, 3.8) is 0 Å². The van der Waals surface area contributed by atoms with Crippen molar-refractivity contribution in [3.8, 4) is 0 Å². The maximum atomic E-state index is 6.48. The Bertz CT molecular complexity index is 209. The molecule has 2 unspecified atom stereocenters. The van der Waals surface area contributed by atoms with Gasteiger partial charge in [0.25, 0.3) is 0 Å². The summed E-state index contributed by atoms with van der Waals surface area (Å²) in [6.45, 7) is 5.83. The number of hydrogen-bond acceptors (Lipinski definition) is 2. The molecule has 1 heterocycles. The van der Waals surface area contributed by atoms with Gasteiger partial charge in [0.15, 0.2) is 0 Å². The molecule has 1 aliphatic heterocycles. The summed E-state index contributed by atoms with van der Waals surface area (Å²) in [5.74, 6) is 0. The van der Waals surface area contributed by atoms with Crippen LogP contribution in [0.2, 0.25) is 0 Å². The van der Waals surface area contributed by atoms with Crippen molar-refractivity contribution in [3.05, 3.63) is 0 Å². The monoisotopic (exact) mass is 210 g/mol. The van der Waals surface area contributed by atoms with Gasteiger partial charge in [-0.25, -0.2) is 0 Å². The fourth-order valence-electron chi connectivity index (χ4n) is 3.45. The van der Waals surface area contributed by atoms with E-state index >= 15 is 0 Å². The standard InChI is InChI=1S/C13H26N2/c1-3-12-7-6-11(2)15(12)10-13(14)8-4-5-9-13/h11-12H,3-10,14H2,1-2H3. The van der Waals surface area contributed by atoms with Gasteiger partial charge in [0.1, 0.15) is 0 Å². The molecule has 0 aromatic carbocycles. The van der Waals surface area contributed by atoms with Gasteiger partial charge in [0.05, 0.1) is 0 Å². The number of nitrogens with two attached hydrogens (primary N) is 1. The normalized spacial score (nSPS) is 36.2. The topological polar surface area (TPSA) is 29.3 Å². The third kappa shape index (κ3) is 2.36. The van der Waals surface area contributed by atoms with Crippen LogP contribution in [0.5, 0.6) is 0 Å². The van der Waals surface area contributed by atoms with Crippen LogP contribution < -0.4 is 5.73 Å². The first-order chi connectivity index (χ1) is 7.14. The molecule has 0 amide bonds. The van der Waals surface area contributed by atoms with Crippen molar-refractivity contribution < 1.29 is 0 Å². The highest BCUT2D eigenvalue weighted by Crippen LogP contribution is 2.33. The van der Waals surface area contributed by atoms with Crippen LogP contribution in [0.4, 0.5) is 0 Å². The zero-order valence-corrected chi connectivity index (χ0v) is 10.3. The van der Waals surface area contributed by atoms with Gasteiger partial charge in [-0.15, -0.1) is 0 Å². The average Bonchev–Trinajstić information content (AvgIpc) is 2.76. The fourth-order valence-corrected chi connectivity index (χ4v) is 3.45. The Morgan fingerprint density at radius 3 is 2.53 bits per heavy atom. The molecule has 2 atom stereocenters. The second-order valence-electron chi connectivity index (χ2n) is 5.73. The van der Waals surface area contributed by atoms with E-state index in [1.54, 1.807) is 0 Å². The maximum absolute atomic E-state index is 6.48. The Hall–Kier alpha value is -0.0800. The third-order valence-electron chi connectivity index (χ3n) is 4.52. The Morgan fingerprint density at radius 1 is 1.27 bits per heavy atom. The van der Waals surface area contributed by atoms with Crippen LogP contribution >= 0.6 is 0 Å². The quantitative estimate of drug-likeness (QED) is 0.775. The summed E-state index contributed by atoms with van der Waals surface area (Å²) in [7, 11) is 0. The predicted molar refractivity (Wildman–Crippen MR) is 64.9 cm³/mol. The van der Waals surface area contributed by atoms with Crippen molar-refractivity contribution >= 4 is 0 Å². The smallest absolute Gasteiger partial charge is 0.0283 e. The highest BCUT2D eigenvalue weighted by atomic mass is 15.2. The molecule has 2 nitrogen and oxygen atoms in total. The molecule has 0 spiro atoms. The second kappa shape index (κ2) is 4.42. The minimum atomic E-state index is 0.145. The lowest BCUT2D eigenvalue weighted by molar-refractivity contribution is 0.152. The third-order valence-corrected chi connectivity index (χ3v) is 4.52. The Labute approximate surface area is 94.2 Å². The summed E-state index contributed by atoms with van der Waals surface area (Å²) >= 11 is 0. The van der Waals surface area contributed by atoms with E-state index in [1.165, 1.54) is 44.9 Å². The van der Waals surface area contributed by atoms with Gasteiger partial charge >= 0.3 is 0 Å². The Balaban J connectivity index is 1.96. The number of rotatable bonds is 3. The molecule has 88 valence electrons. The summed E-state index contributed by atoms with van der Waals surface area (Å²) < 4.78 is 0. The highest BCUT2D eigenvalue weighted by molar-refractivity contribution is 4.96. The van der Waals surface area contributed by atoms with E-state index in [4.69, 9.17) is 5.73 Å². The lowest BCUT2D eigenvalue weighted by Gasteiger charge is -2.35. The minimum Gasteiger partial charge on any atom is -0.324 e. The van der Waals surface area contributed by atoms with E-state index in [-0.39, 0.29) is 5.54 Å². The van der Waals surface area contributed by atoms with Crippen molar-refractivity contribution in [2.45, 2.75) is 76.4 Å². The van der Waals surface area contributed by atoms with Gasteiger partial charge in [-0.05, 0) is 39.0 Å². The first-order valence-corrected chi connectivity index (χ1v) is 6.69.